The van der Waals surface area contributed by atoms with E-state index in [4.69, 9.17) is 10.5 Å². The van der Waals surface area contributed by atoms with Crippen LogP contribution >= 0.6 is 31.9 Å². The third-order valence-electron chi connectivity index (χ3n) is 2.92. The monoisotopic (exact) mass is 403 g/mol. The Morgan fingerprint density at radius 2 is 2.25 bits per heavy atom. The van der Waals surface area contributed by atoms with Crippen LogP contribution in [0.3, 0.4) is 0 Å². The van der Waals surface area contributed by atoms with Crippen molar-refractivity contribution in [1.82, 2.24) is 15.0 Å². The topological polar surface area (TPSA) is 112 Å². The van der Waals surface area contributed by atoms with Gasteiger partial charge in [-0.2, -0.15) is 0 Å². The lowest BCUT2D eigenvalue weighted by atomic mass is 10.1. The maximum absolute atomic E-state index is 10.2. The Bertz CT molecular complexity index is 646. The van der Waals surface area contributed by atoms with Crippen LogP contribution in [0.2, 0.25) is 0 Å². The van der Waals surface area contributed by atoms with Crippen LogP contribution in [0.15, 0.2) is 26.3 Å². The molecule has 1 aliphatic heterocycles. The van der Waals surface area contributed by atoms with Crippen LogP contribution in [0.1, 0.15) is 17.5 Å². The van der Waals surface area contributed by atoms with Gasteiger partial charge in [-0.05, 0) is 37.9 Å². The van der Waals surface area contributed by atoms with Gasteiger partial charge in [0.2, 0.25) is 5.90 Å². The average Bonchev–Trinajstić information content (AvgIpc) is 3.10. The van der Waals surface area contributed by atoms with E-state index in [1.807, 2.05) is 6.07 Å². The van der Waals surface area contributed by atoms with Crippen molar-refractivity contribution >= 4 is 43.7 Å². The number of nitrogens with two attached hydrogens (primary N) is 1. The highest BCUT2D eigenvalue weighted by Crippen LogP contribution is 2.27. The number of halogens is 2. The summed E-state index contributed by atoms with van der Waals surface area (Å²) in [4.78, 5) is 14.0. The molecule has 0 aromatic carbocycles. The average molecular weight is 405 g/mol. The molecule has 0 fully saturated rings. The van der Waals surface area contributed by atoms with E-state index in [1.165, 1.54) is 6.20 Å². The van der Waals surface area contributed by atoms with Gasteiger partial charge in [0.05, 0.1) is 27.5 Å². The lowest BCUT2D eigenvalue weighted by molar-refractivity contribution is 0.0433. The number of nitrogen functional groups attached to an aromatic ring is 1. The molecule has 20 heavy (non-hydrogen) atoms. The zero-order chi connectivity index (χ0) is 14.3. The number of rotatable bonds is 3. The fraction of sp³-hybridized carbons (Fsp3) is 0.273. The van der Waals surface area contributed by atoms with Gasteiger partial charge in [0.1, 0.15) is 11.8 Å². The predicted octanol–water partition coefficient (Wildman–Crippen LogP) is 1.72. The summed E-state index contributed by atoms with van der Waals surface area (Å²) in [6.07, 6.45) is 0.164. The third kappa shape index (κ3) is 2.48. The molecule has 9 heteroatoms. The van der Waals surface area contributed by atoms with E-state index in [2.05, 4.69) is 51.8 Å². The summed E-state index contributed by atoms with van der Waals surface area (Å²) >= 11 is 6.74. The number of anilines is 1. The molecule has 2 atom stereocenters. The lowest BCUT2D eigenvalue weighted by Gasteiger charge is -2.16. The van der Waals surface area contributed by atoms with E-state index in [0.717, 1.165) is 14.8 Å². The van der Waals surface area contributed by atoms with Gasteiger partial charge in [-0.25, -0.2) is 9.98 Å². The number of aromatic nitrogens is 3. The molecular weight excluding hydrogens is 394 g/mol. The van der Waals surface area contributed by atoms with Crippen LogP contribution in [-0.4, -0.2) is 38.6 Å². The second kappa shape index (κ2) is 5.23. The molecule has 0 amide bonds. The molecule has 0 saturated carbocycles. The molecule has 106 valence electrons. The summed E-state index contributed by atoms with van der Waals surface area (Å²) in [5.41, 5.74) is 6.74. The van der Waals surface area contributed by atoms with Crippen molar-refractivity contribution in [3.8, 4) is 0 Å². The summed E-state index contributed by atoms with van der Waals surface area (Å²) < 4.78 is 7.37. The number of aliphatic hydroxyl groups is 1. The second-order valence-corrected chi connectivity index (χ2v) is 5.96. The molecule has 0 radical (unpaired) electrons. The van der Waals surface area contributed by atoms with Crippen molar-refractivity contribution in [2.24, 2.45) is 4.99 Å². The van der Waals surface area contributed by atoms with Crippen LogP contribution in [0.4, 0.5) is 5.95 Å². The van der Waals surface area contributed by atoms with Gasteiger partial charge in [-0.15, -0.1) is 0 Å². The zero-order valence-corrected chi connectivity index (χ0v) is 13.3. The van der Waals surface area contributed by atoms with Gasteiger partial charge in [-0.1, -0.05) is 0 Å². The van der Waals surface area contributed by atoms with Gasteiger partial charge in [0.15, 0.2) is 12.1 Å². The molecule has 5 N–H and O–H groups in total. The Hall–Kier alpha value is -1.32. The number of ether oxygens (including phenoxy) is 1. The van der Waals surface area contributed by atoms with Crippen LogP contribution in [0.25, 0.3) is 0 Å². The van der Waals surface area contributed by atoms with Crippen molar-refractivity contribution < 1.29 is 9.84 Å². The minimum absolute atomic E-state index is 0.260. The highest BCUT2D eigenvalue weighted by Gasteiger charge is 2.30. The highest BCUT2D eigenvalue weighted by molar-refractivity contribution is 9.13. The van der Waals surface area contributed by atoms with Gasteiger partial charge in [-0.3, -0.25) is 0 Å². The molecule has 0 unspecified atom stereocenters. The molecule has 2 aromatic heterocycles. The first kappa shape index (κ1) is 13.7. The van der Waals surface area contributed by atoms with E-state index in [9.17, 15) is 5.11 Å². The van der Waals surface area contributed by atoms with Crippen molar-refractivity contribution in [1.29, 1.82) is 0 Å². The molecular formula is C11H11Br2N5O2. The lowest BCUT2D eigenvalue weighted by Crippen LogP contribution is -2.23. The van der Waals surface area contributed by atoms with Crippen molar-refractivity contribution in [2.45, 2.75) is 12.2 Å². The molecule has 2 aromatic rings. The number of aliphatic hydroxyl groups excluding tert-OH is 1. The molecule has 3 heterocycles. The summed E-state index contributed by atoms with van der Waals surface area (Å²) in [6, 6.07) is 1.85. The summed E-state index contributed by atoms with van der Waals surface area (Å²) in [6.45, 7) is 0.365. The van der Waals surface area contributed by atoms with Crippen molar-refractivity contribution in [3.63, 3.8) is 0 Å². The smallest absolute Gasteiger partial charge is 0.233 e. The van der Waals surface area contributed by atoms with Gasteiger partial charge in [0, 0.05) is 0 Å². The molecule has 3 rings (SSSR count). The van der Waals surface area contributed by atoms with Crippen LogP contribution in [-0.2, 0) is 4.74 Å². The first-order valence-corrected chi connectivity index (χ1v) is 7.37. The van der Waals surface area contributed by atoms with Crippen LogP contribution in [0.5, 0.6) is 0 Å². The first-order valence-electron chi connectivity index (χ1n) is 5.78. The highest BCUT2D eigenvalue weighted by atomic mass is 79.9. The Kier molecular flexibility index (Phi) is 3.57. The summed E-state index contributed by atoms with van der Waals surface area (Å²) in [5.74, 6) is 0.725. The normalized spacial score (nSPS) is 19.8. The quantitative estimate of drug-likeness (QED) is 0.623. The van der Waals surface area contributed by atoms with E-state index in [1.54, 1.807) is 0 Å². The number of hydrogen-bond donors (Lipinski definition) is 4. The Labute approximate surface area is 130 Å². The number of imidazole rings is 1. The maximum Gasteiger partial charge on any atom is 0.233 e. The van der Waals surface area contributed by atoms with E-state index >= 15 is 0 Å². The predicted molar refractivity (Wildman–Crippen MR) is 80.4 cm³/mol. The molecule has 0 bridgehead atoms. The van der Waals surface area contributed by atoms with Gasteiger partial charge >= 0.3 is 0 Å². The minimum atomic E-state index is -0.858. The number of nitrogens with one attached hydrogen (secondary N) is 2. The fourth-order valence-electron chi connectivity index (χ4n) is 1.93. The Morgan fingerprint density at radius 3 is 2.85 bits per heavy atom. The fourth-order valence-corrected chi connectivity index (χ4v) is 2.58. The maximum atomic E-state index is 10.2. The van der Waals surface area contributed by atoms with E-state index in [-0.39, 0.29) is 5.95 Å². The molecule has 7 nitrogen and oxygen atoms in total. The Balaban J connectivity index is 1.72. The Morgan fingerprint density at radius 1 is 1.45 bits per heavy atom. The molecule has 0 spiro atoms. The minimum Gasteiger partial charge on any atom is -0.468 e. The first-order chi connectivity index (χ1) is 9.54. The number of aromatic amines is 2. The number of hydrogen-bond acceptors (Lipinski definition) is 5. The molecule has 1 aliphatic rings. The molecule has 0 saturated heterocycles. The van der Waals surface area contributed by atoms with Crippen LogP contribution in [0, 0.1) is 0 Å². The standard InChI is InChI=1S/C11H11Br2N5O2/c12-4-1-5(17-9(4)13)10-15-3-7(20-10)8(19)6-2-16-11(14)18-6/h1-2,7-8,17,19H,3H2,(H3,14,16,18)/t7-,8-/m0/s1. The van der Waals surface area contributed by atoms with E-state index < -0.39 is 12.2 Å². The van der Waals surface area contributed by atoms with Crippen LogP contribution < -0.4 is 5.73 Å². The molecule has 0 aliphatic carbocycles. The third-order valence-corrected chi connectivity index (χ3v) is 4.70. The number of nitrogens with zero attached hydrogens (tertiary/aromatic N) is 2. The van der Waals surface area contributed by atoms with Crippen molar-refractivity contribution in [2.75, 3.05) is 12.3 Å². The SMILES string of the molecule is Nc1ncc([C@H](O)[C@@H]2CN=C(c3cc(Br)c(Br)[nH]3)O2)[nH]1. The second-order valence-electron chi connectivity index (χ2n) is 4.32. The number of H-pyrrole nitrogens is 2. The summed E-state index contributed by atoms with van der Waals surface area (Å²) in [7, 11) is 0. The summed E-state index contributed by atoms with van der Waals surface area (Å²) in [5, 5.41) is 10.2. The number of aliphatic imine (C=N–C) groups is 1. The van der Waals surface area contributed by atoms with Gasteiger partial charge < -0.3 is 25.5 Å². The van der Waals surface area contributed by atoms with E-state index in [0.29, 0.717) is 18.1 Å². The van der Waals surface area contributed by atoms with Crippen molar-refractivity contribution in [3.05, 3.63) is 32.7 Å². The van der Waals surface area contributed by atoms with Gasteiger partial charge in [0.25, 0.3) is 0 Å². The largest absolute Gasteiger partial charge is 0.468 e. The zero-order valence-electron chi connectivity index (χ0n) is 10.1.